The van der Waals surface area contributed by atoms with E-state index in [1.165, 1.54) is 7.11 Å². The number of hydrogen-bond donors (Lipinski definition) is 3. The van der Waals surface area contributed by atoms with Crippen LogP contribution in [-0.2, 0) is 19.1 Å². The molecular formula is C26H32N2O6. The first-order valence-electron chi connectivity index (χ1n) is 11.5. The number of aliphatic carboxylic acids is 1. The molecule has 0 fully saturated rings. The summed E-state index contributed by atoms with van der Waals surface area (Å²) < 4.78 is 10.5. The van der Waals surface area contributed by atoms with Crippen molar-refractivity contribution in [1.82, 2.24) is 10.6 Å². The Morgan fingerprint density at radius 1 is 0.971 bits per heavy atom. The fraction of sp³-hybridized carbons (Fsp3) is 0.423. The lowest BCUT2D eigenvalue weighted by molar-refractivity contribution is -0.142. The summed E-state index contributed by atoms with van der Waals surface area (Å²) >= 11 is 0. The predicted octanol–water partition coefficient (Wildman–Crippen LogP) is 3.55. The molecule has 2 aromatic rings. The monoisotopic (exact) mass is 468 g/mol. The fourth-order valence-corrected chi connectivity index (χ4v) is 4.25. The molecule has 0 bridgehead atoms. The Bertz CT molecular complexity index is 976. The van der Waals surface area contributed by atoms with E-state index in [2.05, 4.69) is 22.8 Å². The number of ether oxygens (including phenoxy) is 2. The van der Waals surface area contributed by atoms with Gasteiger partial charge in [0.1, 0.15) is 18.7 Å². The quantitative estimate of drug-likeness (QED) is 0.435. The number of carbonyl (C=O) groups is 3. The van der Waals surface area contributed by atoms with Gasteiger partial charge in [0.05, 0.1) is 0 Å². The van der Waals surface area contributed by atoms with Gasteiger partial charge in [0.15, 0.2) is 0 Å². The number of nitrogens with one attached hydrogen (secondary N) is 2. The maximum atomic E-state index is 12.8. The van der Waals surface area contributed by atoms with Gasteiger partial charge in [-0.15, -0.1) is 0 Å². The molecule has 0 saturated heterocycles. The number of methoxy groups -OCH3 is 1. The number of carboxylic acids is 1. The molecule has 8 nitrogen and oxygen atoms in total. The van der Waals surface area contributed by atoms with E-state index in [4.69, 9.17) is 9.47 Å². The molecule has 0 saturated carbocycles. The van der Waals surface area contributed by atoms with Crippen molar-refractivity contribution in [3.05, 3.63) is 59.7 Å². The van der Waals surface area contributed by atoms with Gasteiger partial charge < -0.3 is 25.2 Å². The Labute approximate surface area is 199 Å². The molecule has 0 heterocycles. The van der Waals surface area contributed by atoms with Crippen molar-refractivity contribution in [2.24, 2.45) is 5.92 Å². The van der Waals surface area contributed by atoms with Gasteiger partial charge in [-0.25, -0.2) is 9.59 Å². The molecule has 34 heavy (non-hydrogen) atoms. The minimum Gasteiger partial charge on any atom is -0.480 e. The zero-order valence-corrected chi connectivity index (χ0v) is 19.7. The molecule has 1 aliphatic rings. The van der Waals surface area contributed by atoms with Crippen LogP contribution in [0.1, 0.15) is 43.7 Å². The third kappa shape index (κ3) is 5.94. The minimum atomic E-state index is -1.13. The number of amides is 2. The van der Waals surface area contributed by atoms with E-state index < -0.39 is 30.1 Å². The second-order valence-corrected chi connectivity index (χ2v) is 8.73. The van der Waals surface area contributed by atoms with Crippen LogP contribution in [0.3, 0.4) is 0 Å². The molecule has 1 aliphatic carbocycles. The number of hydrogen-bond acceptors (Lipinski definition) is 5. The van der Waals surface area contributed by atoms with Gasteiger partial charge in [-0.3, -0.25) is 4.79 Å². The molecule has 3 N–H and O–H groups in total. The van der Waals surface area contributed by atoms with Crippen molar-refractivity contribution in [2.75, 3.05) is 20.3 Å². The molecule has 0 aliphatic heterocycles. The molecule has 3 rings (SSSR count). The van der Waals surface area contributed by atoms with Gasteiger partial charge in [0.2, 0.25) is 5.91 Å². The van der Waals surface area contributed by atoms with Gasteiger partial charge in [-0.1, -0.05) is 62.4 Å². The Hall–Kier alpha value is -3.39. The molecule has 8 heteroatoms. The SMILES string of the molecule is COCCCC(NC(=O)[C@@H](NC(=O)OCC1c2ccccc2-c2ccccc21)C(C)C)C(=O)O. The number of fused-ring (bicyclic) bond motifs is 3. The largest absolute Gasteiger partial charge is 0.480 e. The first-order valence-corrected chi connectivity index (χ1v) is 11.5. The topological polar surface area (TPSA) is 114 Å². The lowest BCUT2D eigenvalue weighted by Crippen LogP contribution is -2.53. The highest BCUT2D eigenvalue weighted by Gasteiger charge is 2.31. The second kappa shape index (κ2) is 11.7. The summed E-state index contributed by atoms with van der Waals surface area (Å²) in [7, 11) is 1.53. The summed E-state index contributed by atoms with van der Waals surface area (Å²) in [4.78, 5) is 36.9. The van der Waals surface area contributed by atoms with Crippen molar-refractivity contribution in [1.29, 1.82) is 0 Å². The van der Waals surface area contributed by atoms with Crippen LogP contribution in [0.4, 0.5) is 4.79 Å². The van der Waals surface area contributed by atoms with E-state index in [0.717, 1.165) is 22.3 Å². The van der Waals surface area contributed by atoms with E-state index in [-0.39, 0.29) is 24.9 Å². The van der Waals surface area contributed by atoms with E-state index in [1.807, 2.05) is 36.4 Å². The lowest BCUT2D eigenvalue weighted by Gasteiger charge is -2.24. The van der Waals surface area contributed by atoms with Crippen LogP contribution in [0.25, 0.3) is 11.1 Å². The van der Waals surface area contributed by atoms with E-state index in [9.17, 15) is 19.5 Å². The molecule has 0 aromatic heterocycles. The summed E-state index contributed by atoms with van der Waals surface area (Å²) in [6, 6.07) is 14.1. The van der Waals surface area contributed by atoms with Crippen molar-refractivity contribution in [3.63, 3.8) is 0 Å². The Morgan fingerprint density at radius 2 is 1.56 bits per heavy atom. The number of carbonyl (C=O) groups excluding carboxylic acids is 2. The molecule has 2 aromatic carbocycles. The molecule has 182 valence electrons. The van der Waals surface area contributed by atoms with Crippen LogP contribution >= 0.6 is 0 Å². The summed E-state index contributed by atoms with van der Waals surface area (Å²) in [5.74, 6) is -2.06. The van der Waals surface area contributed by atoms with Gasteiger partial charge >= 0.3 is 12.1 Å². The van der Waals surface area contributed by atoms with Gasteiger partial charge in [-0.2, -0.15) is 0 Å². The Morgan fingerprint density at radius 3 is 2.09 bits per heavy atom. The number of rotatable bonds is 11. The highest BCUT2D eigenvalue weighted by Crippen LogP contribution is 2.44. The van der Waals surface area contributed by atoms with Crippen LogP contribution in [0.2, 0.25) is 0 Å². The third-order valence-corrected chi connectivity index (χ3v) is 6.02. The van der Waals surface area contributed by atoms with E-state index >= 15 is 0 Å². The van der Waals surface area contributed by atoms with Crippen LogP contribution in [0.5, 0.6) is 0 Å². The predicted molar refractivity (Wildman–Crippen MR) is 128 cm³/mol. The molecule has 1 unspecified atom stereocenters. The van der Waals surface area contributed by atoms with Gasteiger partial charge in [0.25, 0.3) is 0 Å². The van der Waals surface area contributed by atoms with E-state index in [1.54, 1.807) is 13.8 Å². The number of carboxylic acid groups (broad SMARTS) is 1. The summed E-state index contributed by atoms with van der Waals surface area (Å²) in [6.45, 7) is 4.07. The van der Waals surface area contributed by atoms with Gasteiger partial charge in [-0.05, 0) is 41.0 Å². The Balaban J connectivity index is 1.62. The maximum absolute atomic E-state index is 12.8. The van der Waals surface area contributed by atoms with E-state index in [0.29, 0.717) is 13.0 Å². The standard InChI is InChI=1S/C26H32N2O6/c1-16(2)23(24(29)27-22(25(30)31)13-8-14-33-3)28-26(32)34-15-21-19-11-6-4-9-17(19)18-10-5-7-12-20(18)21/h4-7,9-12,16,21-23H,8,13-15H2,1-3H3,(H,27,29)(H,28,32)(H,30,31)/t22?,23-/m0/s1. The highest BCUT2D eigenvalue weighted by atomic mass is 16.5. The second-order valence-electron chi connectivity index (χ2n) is 8.73. The normalized spacial score (nSPS) is 14.1. The zero-order valence-electron chi connectivity index (χ0n) is 19.7. The average molecular weight is 469 g/mol. The van der Waals surface area contributed by atoms with Crippen LogP contribution < -0.4 is 10.6 Å². The third-order valence-electron chi connectivity index (χ3n) is 6.02. The summed E-state index contributed by atoms with van der Waals surface area (Å²) in [5.41, 5.74) is 4.43. The zero-order chi connectivity index (χ0) is 24.7. The molecule has 0 radical (unpaired) electrons. The molecule has 2 atom stereocenters. The van der Waals surface area contributed by atoms with Gasteiger partial charge in [0, 0.05) is 19.6 Å². The molecule has 2 amide bonds. The van der Waals surface area contributed by atoms with Crippen molar-refractivity contribution in [2.45, 2.75) is 44.7 Å². The highest BCUT2D eigenvalue weighted by molar-refractivity contribution is 5.89. The van der Waals surface area contributed by atoms with Crippen LogP contribution in [0, 0.1) is 5.92 Å². The number of benzene rings is 2. The first kappa shape index (κ1) is 25.2. The minimum absolute atomic E-state index is 0.0957. The average Bonchev–Trinajstić information content (AvgIpc) is 3.14. The fourth-order valence-electron chi connectivity index (χ4n) is 4.25. The molecule has 0 spiro atoms. The smallest absolute Gasteiger partial charge is 0.407 e. The Kier molecular flexibility index (Phi) is 8.65. The van der Waals surface area contributed by atoms with Crippen molar-refractivity contribution in [3.8, 4) is 11.1 Å². The first-order chi connectivity index (χ1) is 16.3. The number of alkyl carbamates (subject to hydrolysis) is 1. The lowest BCUT2D eigenvalue weighted by atomic mass is 9.98. The van der Waals surface area contributed by atoms with Crippen LogP contribution in [-0.4, -0.2) is 55.5 Å². The summed E-state index contributed by atoms with van der Waals surface area (Å²) in [6.07, 6.45) is -0.00753. The van der Waals surface area contributed by atoms with Crippen LogP contribution in [0.15, 0.2) is 48.5 Å². The molecular weight excluding hydrogens is 436 g/mol. The maximum Gasteiger partial charge on any atom is 0.407 e. The summed E-state index contributed by atoms with van der Waals surface area (Å²) in [5, 5.41) is 14.6. The van der Waals surface area contributed by atoms with Crippen molar-refractivity contribution >= 4 is 18.0 Å². The van der Waals surface area contributed by atoms with Crippen molar-refractivity contribution < 1.29 is 29.0 Å².